The molecular formula is C23H27N3O5S2. The van der Waals surface area contributed by atoms with E-state index >= 15 is 0 Å². The Labute approximate surface area is 198 Å². The predicted molar refractivity (Wildman–Crippen MR) is 128 cm³/mol. The number of ether oxygens (including phenoxy) is 1. The minimum Gasteiger partial charge on any atom is -0.455 e. The maximum absolute atomic E-state index is 13.2. The molecule has 2 aliphatic heterocycles. The molecule has 8 nitrogen and oxygen atoms in total. The Hall–Kier alpha value is -2.56. The molecular weight excluding hydrogens is 462 g/mol. The quantitative estimate of drug-likeness (QED) is 0.598. The molecule has 2 aliphatic rings. The lowest BCUT2D eigenvalue weighted by Crippen LogP contribution is -2.35. The molecule has 0 spiro atoms. The molecule has 2 fully saturated rings. The Kier molecular flexibility index (Phi) is 7.56. The maximum atomic E-state index is 13.2. The molecule has 1 N–H and O–H groups in total. The smallest absolute Gasteiger partial charge is 0.281 e. The van der Waals surface area contributed by atoms with E-state index in [9.17, 15) is 18.0 Å². The lowest BCUT2D eigenvalue weighted by molar-refractivity contribution is -0.116. The fourth-order valence-corrected chi connectivity index (χ4v) is 6.20. The van der Waals surface area contributed by atoms with Crippen LogP contribution in [0.3, 0.4) is 0 Å². The van der Waals surface area contributed by atoms with Crippen LogP contribution in [0.5, 0.6) is 11.5 Å². The Morgan fingerprint density at radius 1 is 1.03 bits per heavy atom. The van der Waals surface area contributed by atoms with Gasteiger partial charge in [-0.05, 0) is 43.2 Å². The summed E-state index contributed by atoms with van der Waals surface area (Å²) >= 11 is 1.25. The Bertz CT molecular complexity index is 1100. The van der Waals surface area contributed by atoms with Gasteiger partial charge in [0.15, 0.2) is 5.75 Å². The molecule has 2 heterocycles. The van der Waals surface area contributed by atoms with Crippen molar-refractivity contribution in [3.63, 3.8) is 0 Å². The van der Waals surface area contributed by atoms with Crippen LogP contribution in [-0.2, 0) is 14.8 Å². The molecule has 0 aromatic heterocycles. The summed E-state index contributed by atoms with van der Waals surface area (Å²) in [5.41, 5.74) is 0.282. The van der Waals surface area contributed by atoms with Gasteiger partial charge in [-0.25, -0.2) is 8.42 Å². The minimum atomic E-state index is -3.67. The molecule has 10 heteroatoms. The van der Waals surface area contributed by atoms with Crippen LogP contribution >= 0.6 is 11.8 Å². The summed E-state index contributed by atoms with van der Waals surface area (Å²) in [6.45, 7) is 1.93. The number of piperidine rings is 1. The van der Waals surface area contributed by atoms with Gasteiger partial charge < -0.3 is 15.0 Å². The molecule has 0 unspecified atom stereocenters. The van der Waals surface area contributed by atoms with E-state index in [2.05, 4.69) is 5.32 Å². The number of carbonyl (C=O) groups excluding carboxylic acids is 2. The molecule has 2 saturated heterocycles. The number of amides is 2. The van der Waals surface area contributed by atoms with Crippen LogP contribution in [-0.4, -0.2) is 60.7 Å². The highest BCUT2D eigenvalue weighted by molar-refractivity contribution is 8.13. The van der Waals surface area contributed by atoms with Crippen LogP contribution < -0.4 is 10.1 Å². The van der Waals surface area contributed by atoms with Crippen LogP contribution in [0.25, 0.3) is 0 Å². The zero-order chi connectivity index (χ0) is 23.3. The number of para-hydroxylation sites is 1. The fourth-order valence-electron chi connectivity index (χ4n) is 3.80. The maximum Gasteiger partial charge on any atom is 0.281 e. The lowest BCUT2D eigenvalue weighted by atomic mass is 10.2. The molecule has 0 aliphatic carbocycles. The summed E-state index contributed by atoms with van der Waals surface area (Å²) in [6, 6.07) is 13.6. The summed E-state index contributed by atoms with van der Waals surface area (Å²) in [5.74, 6) is 1.33. The molecule has 0 bridgehead atoms. The molecule has 176 valence electrons. The van der Waals surface area contributed by atoms with Crippen LogP contribution in [0.1, 0.15) is 25.7 Å². The Morgan fingerprint density at radius 3 is 2.48 bits per heavy atom. The molecule has 4 rings (SSSR count). The third-order valence-electron chi connectivity index (χ3n) is 5.60. The van der Waals surface area contributed by atoms with Gasteiger partial charge >= 0.3 is 0 Å². The van der Waals surface area contributed by atoms with Crippen molar-refractivity contribution in [2.75, 3.05) is 37.2 Å². The van der Waals surface area contributed by atoms with Crippen molar-refractivity contribution in [3.05, 3.63) is 48.5 Å². The Morgan fingerprint density at radius 2 is 1.79 bits per heavy atom. The predicted octanol–water partition coefficient (Wildman–Crippen LogP) is 4.15. The monoisotopic (exact) mass is 489 g/mol. The van der Waals surface area contributed by atoms with Gasteiger partial charge in [-0.2, -0.15) is 4.31 Å². The van der Waals surface area contributed by atoms with Crippen molar-refractivity contribution in [2.45, 2.75) is 30.6 Å². The van der Waals surface area contributed by atoms with E-state index in [0.717, 1.165) is 25.0 Å². The minimum absolute atomic E-state index is 0.0227. The van der Waals surface area contributed by atoms with E-state index in [0.29, 0.717) is 37.7 Å². The molecule has 2 amide bonds. The first kappa shape index (κ1) is 23.6. The first-order valence-corrected chi connectivity index (χ1v) is 13.4. The molecule has 2 aromatic carbocycles. The lowest BCUT2D eigenvalue weighted by Gasteiger charge is -2.26. The zero-order valence-electron chi connectivity index (χ0n) is 18.2. The van der Waals surface area contributed by atoms with Crippen LogP contribution in [0.4, 0.5) is 10.5 Å². The largest absolute Gasteiger partial charge is 0.455 e. The highest BCUT2D eigenvalue weighted by atomic mass is 32.2. The molecule has 2 aromatic rings. The van der Waals surface area contributed by atoms with Crippen LogP contribution in [0.2, 0.25) is 0 Å². The fraction of sp³-hybridized carbons (Fsp3) is 0.391. The van der Waals surface area contributed by atoms with Crippen molar-refractivity contribution in [2.24, 2.45) is 0 Å². The van der Waals surface area contributed by atoms with E-state index < -0.39 is 10.0 Å². The third-order valence-corrected chi connectivity index (χ3v) is 8.39. The molecule has 0 radical (unpaired) electrons. The average Bonchev–Trinajstić information content (AvgIpc) is 3.24. The van der Waals surface area contributed by atoms with Gasteiger partial charge in [0, 0.05) is 38.4 Å². The van der Waals surface area contributed by atoms with E-state index in [-0.39, 0.29) is 28.2 Å². The van der Waals surface area contributed by atoms with Crippen molar-refractivity contribution < 1.29 is 22.7 Å². The number of rotatable bonds is 8. The SMILES string of the molecule is O=C(CCN1CCSC1=O)Nc1cc(S(=O)(=O)N2CCCCC2)ccc1Oc1ccccc1. The van der Waals surface area contributed by atoms with Gasteiger partial charge in [0.2, 0.25) is 15.9 Å². The number of hydrogen-bond acceptors (Lipinski definition) is 6. The number of nitrogens with one attached hydrogen (secondary N) is 1. The molecule has 33 heavy (non-hydrogen) atoms. The van der Waals surface area contributed by atoms with Crippen LogP contribution in [0, 0.1) is 0 Å². The van der Waals surface area contributed by atoms with Crippen molar-refractivity contribution >= 4 is 38.6 Å². The standard InChI is InChI=1S/C23H27N3O5S2/c27-22(11-14-25-15-16-32-23(25)28)24-20-17-19(33(29,30)26-12-5-2-6-13-26)9-10-21(20)31-18-7-3-1-4-8-18/h1,3-4,7-10,17H,2,5-6,11-16H2,(H,24,27). The molecule has 0 saturated carbocycles. The summed E-state index contributed by atoms with van der Waals surface area (Å²) in [6.07, 6.45) is 2.81. The highest BCUT2D eigenvalue weighted by Gasteiger charge is 2.27. The summed E-state index contributed by atoms with van der Waals surface area (Å²) < 4.78 is 33.7. The number of hydrogen-bond donors (Lipinski definition) is 1. The first-order valence-electron chi connectivity index (χ1n) is 11.0. The number of sulfonamides is 1. The molecule has 0 atom stereocenters. The van der Waals surface area contributed by atoms with Gasteiger partial charge in [-0.1, -0.05) is 36.4 Å². The summed E-state index contributed by atoms with van der Waals surface area (Å²) in [5, 5.41) is 2.77. The van der Waals surface area contributed by atoms with E-state index in [1.165, 1.54) is 28.2 Å². The second kappa shape index (κ2) is 10.6. The zero-order valence-corrected chi connectivity index (χ0v) is 19.9. The first-order chi connectivity index (χ1) is 15.9. The van der Waals surface area contributed by atoms with Gasteiger partial charge in [0.05, 0.1) is 10.6 Å². The van der Waals surface area contributed by atoms with E-state index in [1.54, 1.807) is 23.1 Å². The second-order valence-corrected chi connectivity index (χ2v) is 10.9. The highest BCUT2D eigenvalue weighted by Crippen LogP contribution is 2.33. The van der Waals surface area contributed by atoms with Crippen molar-refractivity contribution in [3.8, 4) is 11.5 Å². The van der Waals surface area contributed by atoms with E-state index in [1.807, 2.05) is 18.2 Å². The van der Waals surface area contributed by atoms with Gasteiger partial charge in [-0.15, -0.1) is 0 Å². The van der Waals surface area contributed by atoms with Crippen LogP contribution in [0.15, 0.2) is 53.4 Å². The van der Waals surface area contributed by atoms with Crippen molar-refractivity contribution in [1.29, 1.82) is 0 Å². The summed E-state index contributed by atoms with van der Waals surface area (Å²) in [4.78, 5) is 26.2. The number of nitrogens with zero attached hydrogens (tertiary/aromatic N) is 2. The number of anilines is 1. The Balaban J connectivity index is 1.56. The number of thioether (sulfide) groups is 1. The van der Waals surface area contributed by atoms with Gasteiger partial charge in [0.1, 0.15) is 5.75 Å². The third kappa shape index (κ3) is 5.87. The van der Waals surface area contributed by atoms with Gasteiger partial charge in [-0.3, -0.25) is 9.59 Å². The second-order valence-electron chi connectivity index (χ2n) is 7.94. The number of benzene rings is 2. The average molecular weight is 490 g/mol. The number of carbonyl (C=O) groups is 2. The summed E-state index contributed by atoms with van der Waals surface area (Å²) in [7, 11) is -3.67. The van der Waals surface area contributed by atoms with Crippen molar-refractivity contribution in [1.82, 2.24) is 9.21 Å². The van der Waals surface area contributed by atoms with Gasteiger partial charge in [0.25, 0.3) is 5.24 Å². The topological polar surface area (TPSA) is 96.0 Å². The normalized spacial score (nSPS) is 17.2. The van der Waals surface area contributed by atoms with E-state index in [4.69, 9.17) is 4.74 Å².